The molecule has 0 spiro atoms. The summed E-state index contributed by atoms with van der Waals surface area (Å²) < 4.78 is 0.922. The van der Waals surface area contributed by atoms with Crippen molar-refractivity contribution in [3.8, 4) is 0 Å². The Labute approximate surface area is 86.2 Å². The third kappa shape index (κ3) is 2.22. The summed E-state index contributed by atoms with van der Waals surface area (Å²) in [6.45, 7) is 0. The van der Waals surface area contributed by atoms with Gasteiger partial charge in [0.25, 0.3) is 0 Å². The fraction of sp³-hybridized carbons (Fsp3) is 0. The molecule has 86 valence electrons. The van der Waals surface area contributed by atoms with Gasteiger partial charge in [0, 0.05) is 0 Å². The number of hydrogen-bond donors (Lipinski definition) is 3. The van der Waals surface area contributed by atoms with Crippen molar-refractivity contribution in [1.82, 2.24) is 30.0 Å². The minimum Gasteiger partial charge on any atom is -0.366 e. The van der Waals surface area contributed by atoms with Gasteiger partial charge >= 0.3 is 0 Å². The summed E-state index contributed by atoms with van der Waals surface area (Å²) in [4.78, 5) is 10.1. The zero-order valence-electron chi connectivity index (χ0n) is 7.63. The Morgan fingerprint density at radius 3 is 2.62 bits per heavy atom. The number of anilines is 1. The predicted octanol–water partition coefficient (Wildman–Crippen LogP) is -2.69. The molecule has 0 radical (unpaired) electrons. The van der Waals surface area contributed by atoms with Crippen LogP contribution in [0, 0.1) is 10.1 Å². The maximum atomic E-state index is 10.1. The average Bonchev–Trinajstić information content (AvgIpc) is 2.63. The quantitative estimate of drug-likeness (QED) is 0.362. The molecule has 13 heteroatoms. The highest BCUT2D eigenvalue weighted by atomic mass is 16.7. The van der Waals surface area contributed by atoms with Crippen LogP contribution in [-0.4, -0.2) is 40.2 Å². The number of nitrogens with two attached hydrogens (primary N) is 1. The van der Waals surface area contributed by atoms with Gasteiger partial charge in [0.1, 0.15) is 11.0 Å². The Morgan fingerprint density at radius 1 is 1.38 bits per heavy atom. The minimum atomic E-state index is -0.922. The Kier molecular flexibility index (Phi) is 3.36. The highest BCUT2D eigenvalue weighted by Gasteiger charge is 2.03. The lowest BCUT2D eigenvalue weighted by Crippen LogP contribution is -2.42. The first-order chi connectivity index (χ1) is 7.66. The number of aromatic nitrogens is 6. The van der Waals surface area contributed by atoms with Gasteiger partial charge in [0.15, 0.2) is 0 Å². The molecule has 0 amide bonds. The highest BCUT2D eigenvalue weighted by molar-refractivity contribution is 5.37. The lowest BCUT2D eigenvalue weighted by atomic mass is 11.0. The van der Waals surface area contributed by atoms with Crippen molar-refractivity contribution in [3.63, 3.8) is 0 Å². The topological polar surface area (TPSA) is 200 Å². The second-order valence-corrected chi connectivity index (χ2v) is 2.11. The van der Waals surface area contributed by atoms with Crippen LogP contribution in [0.4, 0.5) is 11.9 Å². The second kappa shape index (κ2) is 4.71. The van der Waals surface area contributed by atoms with Crippen LogP contribution < -0.4 is 11.6 Å². The second-order valence-electron chi connectivity index (χ2n) is 2.11. The van der Waals surface area contributed by atoms with E-state index < -0.39 is 5.03 Å². The maximum Gasteiger partial charge on any atom is 0.245 e. The van der Waals surface area contributed by atoms with Gasteiger partial charge in [-0.2, -0.15) is 10.2 Å². The molecule has 2 heterocycles. The molecule has 2 rings (SSSR count). The van der Waals surface area contributed by atoms with Crippen molar-refractivity contribution in [2.45, 2.75) is 0 Å². The molecular weight excluding hydrogens is 224 g/mol. The maximum absolute atomic E-state index is 10.1. The van der Waals surface area contributed by atoms with E-state index in [9.17, 15) is 10.1 Å². The van der Waals surface area contributed by atoms with Crippen LogP contribution in [0.15, 0.2) is 0 Å². The van der Waals surface area contributed by atoms with Gasteiger partial charge in [-0.1, -0.05) is 5.43 Å². The van der Waals surface area contributed by atoms with E-state index in [4.69, 9.17) is 10.9 Å². The first-order valence-electron chi connectivity index (χ1n) is 3.56. The van der Waals surface area contributed by atoms with Crippen LogP contribution in [0.25, 0.3) is 11.2 Å². The number of nitrogens with zero attached hydrogens (tertiary/aromatic N) is 8. The minimum absolute atomic E-state index is 0.0141. The van der Waals surface area contributed by atoms with Gasteiger partial charge < -0.3 is 5.73 Å². The largest absolute Gasteiger partial charge is 0.366 e. The fourth-order valence-electron chi connectivity index (χ4n) is 0.769. The van der Waals surface area contributed by atoms with E-state index >= 15 is 0 Å². The van der Waals surface area contributed by atoms with E-state index in [1.807, 2.05) is 0 Å². The lowest BCUT2D eigenvalue weighted by Gasteiger charge is -2.00. The van der Waals surface area contributed by atoms with E-state index in [1.165, 1.54) is 0 Å². The Bertz CT molecular complexity index is 493. The normalized spacial score (nSPS) is 9.38. The molecule has 0 atom stereocenters. The van der Waals surface area contributed by atoms with Gasteiger partial charge in [-0.3, -0.25) is 9.61 Å². The molecule has 0 aromatic carbocycles. The Hall–Kier alpha value is -2.67. The van der Waals surface area contributed by atoms with E-state index in [0.29, 0.717) is 0 Å². The molecule has 0 aliphatic carbocycles. The average molecular weight is 230 g/mol. The third-order valence-corrected chi connectivity index (χ3v) is 1.22. The van der Waals surface area contributed by atoms with Gasteiger partial charge in [0.05, 0.1) is 0 Å². The number of fused-ring (bicyclic) bond motifs is 1. The number of nitrogen functional groups attached to an aromatic ring is 1. The van der Waals surface area contributed by atoms with Crippen LogP contribution in [0.1, 0.15) is 0 Å². The smallest absolute Gasteiger partial charge is 0.245 e. The van der Waals surface area contributed by atoms with Crippen LogP contribution in [0.2, 0.25) is 0 Å². The van der Waals surface area contributed by atoms with E-state index in [-0.39, 0.29) is 17.7 Å². The molecule has 0 saturated heterocycles. The highest BCUT2D eigenvalue weighted by Crippen LogP contribution is 2.12. The Morgan fingerprint density at radius 2 is 2.00 bits per heavy atom. The van der Waals surface area contributed by atoms with Crippen LogP contribution >= 0.6 is 0 Å². The van der Waals surface area contributed by atoms with Gasteiger partial charge in [-0.15, -0.1) is 10.2 Å². The zero-order chi connectivity index (χ0) is 12.1. The summed E-state index contributed by atoms with van der Waals surface area (Å²) in [5, 5.41) is 33.1. The molecule has 6 N–H and O–H groups in total. The van der Waals surface area contributed by atoms with Crippen molar-refractivity contribution in [3.05, 3.63) is 15.5 Å². The van der Waals surface area contributed by atoms with Crippen molar-refractivity contribution < 1.29 is 16.1 Å². The van der Waals surface area contributed by atoms with Gasteiger partial charge in [-0.05, 0) is 0 Å². The molecule has 0 aliphatic heterocycles. The molecule has 0 fully saturated rings. The van der Waals surface area contributed by atoms with Crippen molar-refractivity contribution >= 4 is 17.7 Å². The molecule has 0 saturated carbocycles. The molecule has 0 bridgehead atoms. The van der Waals surface area contributed by atoms with Crippen LogP contribution in [0.3, 0.4) is 0 Å². The number of quaternary nitrogens is 1. The van der Waals surface area contributed by atoms with Crippen molar-refractivity contribution in [1.29, 1.82) is 0 Å². The summed E-state index contributed by atoms with van der Waals surface area (Å²) in [5.41, 5.74) is 8.12. The molecular formula is C3H6N10O3. The molecule has 16 heavy (non-hydrogen) atoms. The van der Waals surface area contributed by atoms with E-state index in [2.05, 4.69) is 36.8 Å². The third-order valence-electron chi connectivity index (χ3n) is 1.22. The number of nitro groups is 1. The van der Waals surface area contributed by atoms with E-state index in [0.717, 1.165) is 4.52 Å². The monoisotopic (exact) mass is 230 g/mol. The first-order valence-corrected chi connectivity index (χ1v) is 3.56. The van der Waals surface area contributed by atoms with Crippen LogP contribution in [0.5, 0.6) is 0 Å². The predicted molar refractivity (Wildman–Crippen MR) is 45.5 cm³/mol. The van der Waals surface area contributed by atoms with E-state index in [1.54, 1.807) is 0 Å². The van der Waals surface area contributed by atoms with Crippen molar-refractivity contribution in [2.24, 2.45) is 0 Å². The number of rotatable bonds is 2. The van der Waals surface area contributed by atoms with Gasteiger partial charge in [0.2, 0.25) is 11.7 Å². The molecule has 0 unspecified atom stereocenters. The SMILES string of the molecule is Nc1nnc2nnc([N-][N+](=O)[O-])n2n1.[NH3+]O. The van der Waals surface area contributed by atoms with Gasteiger partial charge in [-0.25, -0.2) is 21.2 Å². The lowest BCUT2D eigenvalue weighted by molar-refractivity contribution is -0.670. The Balaban J connectivity index is 0.000000606. The zero-order valence-corrected chi connectivity index (χ0v) is 7.63. The standard InChI is InChI=1S/C3H2N9O2.H4NO/c4-1-5-6-2-7-8-3(10-12(13)14)11(2)9-1;1-2/h(H2-,4,8,9,10);2H,1H3/q-1;+1. The first kappa shape index (κ1) is 11.4. The molecule has 2 aromatic rings. The summed E-state index contributed by atoms with van der Waals surface area (Å²) in [5.74, 6) is 1.77. The van der Waals surface area contributed by atoms with Crippen molar-refractivity contribution in [2.75, 3.05) is 5.73 Å². The molecule has 0 aliphatic rings. The fourth-order valence-corrected chi connectivity index (χ4v) is 0.769. The summed E-state index contributed by atoms with van der Waals surface area (Å²) >= 11 is 0. The summed E-state index contributed by atoms with van der Waals surface area (Å²) in [7, 11) is 0. The molecule has 2 aromatic heterocycles. The number of hydrogen-bond acceptors (Lipinski definition) is 9. The van der Waals surface area contributed by atoms with Crippen LogP contribution in [-0.2, 0) is 0 Å². The summed E-state index contributed by atoms with van der Waals surface area (Å²) in [6, 6.07) is 0. The summed E-state index contributed by atoms with van der Waals surface area (Å²) in [6.07, 6.45) is 0. The molecule has 13 nitrogen and oxygen atoms in total.